The second-order valence-corrected chi connectivity index (χ2v) is 1.68. The van der Waals surface area contributed by atoms with Crippen molar-refractivity contribution in [1.82, 2.24) is 0 Å². The van der Waals surface area contributed by atoms with Crippen LogP contribution in [0, 0.1) is 6.07 Å². The Morgan fingerprint density at radius 3 is 2.27 bits per heavy atom. The van der Waals surface area contributed by atoms with E-state index in [-0.39, 0.29) is 18.9 Å². The molecule has 0 aliphatic carbocycles. The van der Waals surface area contributed by atoms with Crippen molar-refractivity contribution in [2.24, 2.45) is 0 Å². The molecule has 1 rings (SSSR count). The minimum Gasteiger partial charge on any atom is -0.534 e. The summed E-state index contributed by atoms with van der Waals surface area (Å²) in [4.78, 5) is 0. The van der Waals surface area contributed by atoms with Crippen LogP contribution in [0.5, 0.6) is 5.75 Å². The first-order chi connectivity index (χ1) is 4.79. The summed E-state index contributed by atoms with van der Waals surface area (Å²) in [7, 11) is -1.75. The van der Waals surface area contributed by atoms with Gasteiger partial charge < -0.3 is 14.7 Å². The zero-order valence-electron chi connectivity index (χ0n) is 6.19. The van der Waals surface area contributed by atoms with Gasteiger partial charge in [0.1, 0.15) is 0 Å². The van der Waals surface area contributed by atoms with Crippen molar-refractivity contribution in [3.05, 3.63) is 30.3 Å². The molecule has 0 bridgehead atoms. The van der Waals surface area contributed by atoms with Crippen LogP contribution in [-0.2, 0) is 0 Å². The smallest absolute Gasteiger partial charge is 0.534 e. The summed E-state index contributed by atoms with van der Waals surface area (Å²) in [6, 6.07) is 9.17. The monoisotopic (exact) mass is 144 g/mol. The molecule has 0 spiro atoms. The molecule has 1 aromatic carbocycles. The summed E-state index contributed by atoms with van der Waals surface area (Å²) in [6.45, 7) is 0. The summed E-state index contributed by atoms with van der Waals surface area (Å²) in [6.07, 6.45) is 0. The summed E-state index contributed by atoms with van der Waals surface area (Å²) >= 11 is 0. The second kappa shape index (κ2) is 5.28. The van der Waals surface area contributed by atoms with Gasteiger partial charge in [-0.25, -0.2) is 0 Å². The Kier molecular flexibility index (Phi) is 5.09. The van der Waals surface area contributed by atoms with Crippen LogP contribution in [0.3, 0.4) is 0 Å². The zero-order valence-corrected chi connectivity index (χ0v) is 6.19. The van der Waals surface area contributed by atoms with Gasteiger partial charge in [0.05, 0.1) is 0 Å². The number of benzene rings is 1. The van der Waals surface area contributed by atoms with Crippen LogP contribution in [0.25, 0.3) is 0 Å². The molecule has 0 aliphatic rings. The maximum atomic E-state index is 8.33. The van der Waals surface area contributed by atoms with Crippen LogP contribution in [0.15, 0.2) is 24.3 Å². The standard InChI is InChI=1S/C6H6BO3.Li/c8-7(9)10-6-4-2-1-3-5-6;/h2-5,8-9H;/q-1;+1. The average Bonchev–Trinajstić information content (AvgIpc) is 1.88. The third-order valence-corrected chi connectivity index (χ3v) is 0.929. The molecule has 3 nitrogen and oxygen atoms in total. The topological polar surface area (TPSA) is 49.7 Å². The molecule has 0 atom stereocenters. The third kappa shape index (κ3) is 4.12. The number of rotatable bonds is 2. The summed E-state index contributed by atoms with van der Waals surface area (Å²) < 4.78 is 4.51. The number of hydrogen-bond donors (Lipinski definition) is 2. The minimum absolute atomic E-state index is 0. The fourth-order valence-corrected chi connectivity index (χ4v) is 0.572. The van der Waals surface area contributed by atoms with E-state index in [1.54, 1.807) is 24.3 Å². The van der Waals surface area contributed by atoms with E-state index in [1.165, 1.54) is 0 Å². The summed E-state index contributed by atoms with van der Waals surface area (Å²) in [5.74, 6) is 0.411. The summed E-state index contributed by atoms with van der Waals surface area (Å²) in [5, 5.41) is 16.7. The van der Waals surface area contributed by atoms with Gasteiger partial charge in [-0.2, -0.15) is 18.2 Å². The van der Waals surface area contributed by atoms with E-state index in [9.17, 15) is 0 Å². The van der Waals surface area contributed by atoms with E-state index in [0.29, 0.717) is 5.75 Å². The zero-order chi connectivity index (χ0) is 7.40. The van der Waals surface area contributed by atoms with Crippen molar-refractivity contribution >= 4 is 7.32 Å². The fraction of sp³-hybridized carbons (Fsp3) is 0. The van der Waals surface area contributed by atoms with Crippen molar-refractivity contribution in [3.63, 3.8) is 0 Å². The Morgan fingerprint density at radius 2 is 1.82 bits per heavy atom. The molecule has 0 saturated carbocycles. The molecule has 11 heavy (non-hydrogen) atoms. The Hall–Kier alpha value is -0.398. The molecule has 0 aliphatic heterocycles. The van der Waals surface area contributed by atoms with Crippen LogP contribution in [0.2, 0.25) is 0 Å². The van der Waals surface area contributed by atoms with Gasteiger partial charge >= 0.3 is 26.2 Å². The van der Waals surface area contributed by atoms with Crippen molar-refractivity contribution in [3.8, 4) is 5.75 Å². The van der Waals surface area contributed by atoms with Crippen LogP contribution < -0.4 is 23.5 Å². The van der Waals surface area contributed by atoms with Crippen LogP contribution in [0.1, 0.15) is 0 Å². The molecule has 5 heteroatoms. The predicted octanol–water partition coefficient (Wildman–Crippen LogP) is -3.16. The van der Waals surface area contributed by atoms with E-state index in [0.717, 1.165) is 0 Å². The van der Waals surface area contributed by atoms with E-state index in [1.807, 2.05) is 0 Å². The SMILES string of the molecule is OB(O)Oc1cc[c-]cc1.[Li+]. The molecule has 0 radical (unpaired) electrons. The third-order valence-electron chi connectivity index (χ3n) is 0.929. The van der Waals surface area contributed by atoms with E-state index in [4.69, 9.17) is 10.0 Å². The summed E-state index contributed by atoms with van der Waals surface area (Å²) in [5.41, 5.74) is 0. The average molecular weight is 144 g/mol. The first-order valence-corrected chi connectivity index (χ1v) is 2.78. The number of hydrogen-bond acceptors (Lipinski definition) is 3. The molecule has 52 valence electrons. The van der Waals surface area contributed by atoms with Gasteiger partial charge in [0.2, 0.25) is 0 Å². The van der Waals surface area contributed by atoms with Crippen molar-refractivity contribution < 1.29 is 33.6 Å². The van der Waals surface area contributed by atoms with Gasteiger partial charge in [0.25, 0.3) is 0 Å². The van der Waals surface area contributed by atoms with Gasteiger partial charge in [0, 0.05) is 0 Å². The van der Waals surface area contributed by atoms with Crippen LogP contribution in [0.4, 0.5) is 0 Å². The van der Waals surface area contributed by atoms with Gasteiger partial charge in [-0.05, 0) is 5.75 Å². The van der Waals surface area contributed by atoms with Crippen LogP contribution >= 0.6 is 0 Å². The van der Waals surface area contributed by atoms with E-state index < -0.39 is 7.32 Å². The normalized spacial score (nSPS) is 8.18. The second-order valence-electron chi connectivity index (χ2n) is 1.68. The maximum absolute atomic E-state index is 8.33. The predicted molar refractivity (Wildman–Crippen MR) is 36.1 cm³/mol. The van der Waals surface area contributed by atoms with Gasteiger partial charge in [0.15, 0.2) is 0 Å². The maximum Gasteiger partial charge on any atom is 1.00 e. The quantitative estimate of drug-likeness (QED) is 0.340. The van der Waals surface area contributed by atoms with Gasteiger partial charge in [-0.3, -0.25) is 0 Å². The molecule has 0 saturated heterocycles. The Bertz CT molecular complexity index is 192. The van der Waals surface area contributed by atoms with Crippen LogP contribution in [-0.4, -0.2) is 17.4 Å². The van der Waals surface area contributed by atoms with Gasteiger partial charge in [-0.1, -0.05) is 0 Å². The Morgan fingerprint density at radius 1 is 1.27 bits per heavy atom. The first-order valence-electron chi connectivity index (χ1n) is 2.78. The largest absolute Gasteiger partial charge is 1.00 e. The Labute approximate surface area is 77.4 Å². The minimum atomic E-state index is -1.75. The van der Waals surface area contributed by atoms with Crippen molar-refractivity contribution in [2.45, 2.75) is 0 Å². The molecular weight excluding hydrogens is 138 g/mol. The van der Waals surface area contributed by atoms with E-state index in [2.05, 4.69) is 10.7 Å². The molecule has 1 aromatic rings. The Balaban J connectivity index is 0.000001000. The van der Waals surface area contributed by atoms with Crippen molar-refractivity contribution in [1.29, 1.82) is 0 Å². The first kappa shape index (κ1) is 10.6. The molecular formula is C6H6BLiO3. The molecule has 0 aromatic heterocycles. The molecule has 0 heterocycles. The van der Waals surface area contributed by atoms with Gasteiger partial charge in [-0.15, -0.1) is 12.1 Å². The molecule has 2 N–H and O–H groups in total. The molecule has 0 unspecified atom stereocenters. The fourth-order valence-electron chi connectivity index (χ4n) is 0.572. The molecule has 0 fully saturated rings. The van der Waals surface area contributed by atoms with Crippen molar-refractivity contribution in [2.75, 3.05) is 0 Å². The molecule has 0 amide bonds. The van der Waals surface area contributed by atoms with E-state index >= 15 is 0 Å².